The van der Waals surface area contributed by atoms with Crippen molar-refractivity contribution < 1.29 is 0 Å². The summed E-state index contributed by atoms with van der Waals surface area (Å²) in [4.78, 5) is 2.34. The molecular formula is C16H29N3. The molecule has 0 aliphatic heterocycles. The summed E-state index contributed by atoms with van der Waals surface area (Å²) in [7, 11) is 0. The molecule has 0 amide bonds. The summed E-state index contributed by atoms with van der Waals surface area (Å²) in [5.74, 6) is 0.654. The Morgan fingerprint density at radius 1 is 1.11 bits per heavy atom. The highest BCUT2D eigenvalue weighted by Crippen LogP contribution is 2.17. The Hall–Kier alpha value is -1.22. The topological polar surface area (TPSA) is 41.3 Å². The molecule has 108 valence electrons. The van der Waals surface area contributed by atoms with Gasteiger partial charge in [-0.25, -0.2) is 0 Å². The van der Waals surface area contributed by atoms with E-state index in [4.69, 9.17) is 5.73 Å². The van der Waals surface area contributed by atoms with Crippen LogP contribution in [0.5, 0.6) is 0 Å². The van der Waals surface area contributed by atoms with Crippen LogP contribution >= 0.6 is 0 Å². The predicted molar refractivity (Wildman–Crippen MR) is 85.9 cm³/mol. The van der Waals surface area contributed by atoms with Crippen molar-refractivity contribution in [2.75, 3.05) is 29.9 Å². The summed E-state index contributed by atoms with van der Waals surface area (Å²) in [6, 6.07) is 8.83. The smallest absolute Gasteiger partial charge is 0.0367 e. The van der Waals surface area contributed by atoms with E-state index in [9.17, 15) is 0 Å². The van der Waals surface area contributed by atoms with Gasteiger partial charge in [0.15, 0.2) is 0 Å². The van der Waals surface area contributed by atoms with Crippen LogP contribution in [0, 0.1) is 5.92 Å². The number of hydrogen-bond acceptors (Lipinski definition) is 3. The van der Waals surface area contributed by atoms with E-state index in [0.717, 1.165) is 31.7 Å². The van der Waals surface area contributed by atoms with E-state index in [-0.39, 0.29) is 6.04 Å². The monoisotopic (exact) mass is 263 g/mol. The minimum Gasteiger partial charge on any atom is -0.383 e. The van der Waals surface area contributed by atoms with Crippen LogP contribution in [0.15, 0.2) is 24.3 Å². The highest BCUT2D eigenvalue weighted by atomic mass is 15.1. The lowest BCUT2D eigenvalue weighted by Crippen LogP contribution is -2.30. The van der Waals surface area contributed by atoms with Crippen molar-refractivity contribution in [3.05, 3.63) is 24.3 Å². The molecule has 1 aromatic rings. The summed E-state index contributed by atoms with van der Waals surface area (Å²) in [6.07, 6.45) is 1.06. The van der Waals surface area contributed by atoms with Crippen molar-refractivity contribution in [1.29, 1.82) is 0 Å². The Bertz CT molecular complexity index is 342. The first-order valence-corrected chi connectivity index (χ1v) is 7.41. The maximum Gasteiger partial charge on any atom is 0.0367 e. The van der Waals surface area contributed by atoms with E-state index < -0.39 is 0 Å². The summed E-state index contributed by atoms with van der Waals surface area (Å²) < 4.78 is 0. The fourth-order valence-electron chi connectivity index (χ4n) is 2.32. The van der Waals surface area contributed by atoms with Gasteiger partial charge >= 0.3 is 0 Å². The van der Waals surface area contributed by atoms with Crippen LogP contribution in [0.3, 0.4) is 0 Å². The molecule has 3 N–H and O–H groups in total. The van der Waals surface area contributed by atoms with Crippen LogP contribution in [0.4, 0.5) is 11.4 Å². The van der Waals surface area contributed by atoms with Crippen molar-refractivity contribution in [3.63, 3.8) is 0 Å². The zero-order chi connectivity index (χ0) is 14.3. The zero-order valence-corrected chi connectivity index (χ0v) is 12.8. The number of anilines is 2. The molecule has 0 fully saturated rings. The maximum atomic E-state index is 6.07. The third kappa shape index (κ3) is 5.52. The number of benzene rings is 1. The van der Waals surface area contributed by atoms with Crippen LogP contribution in [-0.2, 0) is 0 Å². The number of nitrogens with two attached hydrogens (primary N) is 1. The van der Waals surface area contributed by atoms with Gasteiger partial charge in [0.05, 0.1) is 0 Å². The highest BCUT2D eigenvalue weighted by Gasteiger charge is 2.05. The Morgan fingerprint density at radius 3 is 2.16 bits per heavy atom. The summed E-state index contributed by atoms with van der Waals surface area (Å²) in [6.45, 7) is 11.7. The van der Waals surface area contributed by atoms with E-state index in [1.54, 1.807) is 0 Å². The van der Waals surface area contributed by atoms with Gasteiger partial charge in [0.2, 0.25) is 0 Å². The molecule has 0 bridgehead atoms. The third-order valence-corrected chi connectivity index (χ3v) is 3.34. The SMILES string of the molecule is CCN(CC)c1ccc(NCC(N)CC(C)C)cc1. The Balaban J connectivity index is 2.48. The molecule has 1 atom stereocenters. The van der Waals surface area contributed by atoms with E-state index in [2.05, 4.69) is 62.2 Å². The van der Waals surface area contributed by atoms with Gasteiger partial charge in [-0.1, -0.05) is 13.8 Å². The van der Waals surface area contributed by atoms with Gasteiger partial charge in [-0.2, -0.15) is 0 Å². The molecule has 0 spiro atoms. The molecule has 1 rings (SSSR count). The Kier molecular flexibility index (Phi) is 6.71. The third-order valence-electron chi connectivity index (χ3n) is 3.34. The maximum absolute atomic E-state index is 6.07. The lowest BCUT2D eigenvalue weighted by Gasteiger charge is -2.21. The van der Waals surface area contributed by atoms with Gasteiger partial charge in [-0.3, -0.25) is 0 Å². The lowest BCUT2D eigenvalue weighted by atomic mass is 10.0. The molecule has 1 unspecified atom stereocenters. The predicted octanol–water partition coefficient (Wildman–Crippen LogP) is 3.32. The quantitative estimate of drug-likeness (QED) is 0.756. The van der Waals surface area contributed by atoms with Crippen molar-refractivity contribution in [2.45, 2.75) is 40.2 Å². The molecule has 0 heterocycles. The number of nitrogens with one attached hydrogen (secondary N) is 1. The van der Waals surface area contributed by atoms with Crippen LogP contribution in [0.25, 0.3) is 0 Å². The fourth-order valence-corrected chi connectivity index (χ4v) is 2.32. The number of rotatable bonds is 8. The standard InChI is InChI=1S/C16H29N3/c1-5-19(6-2)16-9-7-15(8-10-16)18-12-14(17)11-13(3)4/h7-10,13-14,18H,5-6,11-12,17H2,1-4H3. The normalized spacial score (nSPS) is 12.5. The first kappa shape index (κ1) is 15.8. The van der Waals surface area contributed by atoms with Crippen LogP contribution in [0.1, 0.15) is 34.1 Å². The average Bonchev–Trinajstić information content (AvgIpc) is 2.38. The summed E-state index contributed by atoms with van der Waals surface area (Å²) in [5.41, 5.74) is 8.50. The Labute approximate surface area is 118 Å². The van der Waals surface area contributed by atoms with Gasteiger partial charge in [0, 0.05) is 37.1 Å². The molecular weight excluding hydrogens is 234 g/mol. The molecule has 19 heavy (non-hydrogen) atoms. The summed E-state index contributed by atoms with van der Waals surface area (Å²) >= 11 is 0. The van der Waals surface area contributed by atoms with Gasteiger partial charge in [-0.05, 0) is 50.5 Å². The molecule has 0 saturated carbocycles. The summed E-state index contributed by atoms with van der Waals surface area (Å²) in [5, 5.41) is 3.41. The number of nitrogens with zero attached hydrogens (tertiary/aromatic N) is 1. The van der Waals surface area contributed by atoms with Gasteiger partial charge in [0.25, 0.3) is 0 Å². The van der Waals surface area contributed by atoms with E-state index in [0.29, 0.717) is 5.92 Å². The van der Waals surface area contributed by atoms with Gasteiger partial charge in [0.1, 0.15) is 0 Å². The van der Waals surface area contributed by atoms with Gasteiger partial charge in [-0.15, -0.1) is 0 Å². The lowest BCUT2D eigenvalue weighted by molar-refractivity contribution is 0.508. The number of hydrogen-bond donors (Lipinski definition) is 2. The minimum atomic E-state index is 0.224. The van der Waals surface area contributed by atoms with Crippen LogP contribution in [-0.4, -0.2) is 25.7 Å². The molecule has 0 radical (unpaired) electrons. The Morgan fingerprint density at radius 2 is 1.68 bits per heavy atom. The second kappa shape index (κ2) is 8.05. The first-order valence-electron chi connectivity index (χ1n) is 7.41. The van der Waals surface area contributed by atoms with Crippen molar-refractivity contribution in [1.82, 2.24) is 0 Å². The van der Waals surface area contributed by atoms with E-state index >= 15 is 0 Å². The molecule has 0 saturated heterocycles. The minimum absolute atomic E-state index is 0.224. The van der Waals surface area contributed by atoms with Crippen LogP contribution in [0.2, 0.25) is 0 Å². The van der Waals surface area contributed by atoms with Crippen molar-refractivity contribution in [3.8, 4) is 0 Å². The molecule has 1 aromatic carbocycles. The molecule has 0 aliphatic rings. The van der Waals surface area contributed by atoms with Crippen LogP contribution < -0.4 is 16.0 Å². The average molecular weight is 263 g/mol. The van der Waals surface area contributed by atoms with Crippen molar-refractivity contribution >= 4 is 11.4 Å². The second-order valence-corrected chi connectivity index (χ2v) is 5.49. The van der Waals surface area contributed by atoms with Crippen molar-refractivity contribution in [2.24, 2.45) is 11.7 Å². The zero-order valence-electron chi connectivity index (χ0n) is 12.8. The van der Waals surface area contributed by atoms with E-state index in [1.165, 1.54) is 5.69 Å². The molecule has 0 aliphatic carbocycles. The molecule has 0 aromatic heterocycles. The highest BCUT2D eigenvalue weighted by molar-refractivity contribution is 5.55. The molecule has 3 heteroatoms. The largest absolute Gasteiger partial charge is 0.383 e. The molecule has 3 nitrogen and oxygen atoms in total. The van der Waals surface area contributed by atoms with E-state index in [1.807, 2.05) is 0 Å². The second-order valence-electron chi connectivity index (χ2n) is 5.49. The fraction of sp³-hybridized carbons (Fsp3) is 0.625. The van der Waals surface area contributed by atoms with Gasteiger partial charge < -0.3 is 16.0 Å². The first-order chi connectivity index (χ1) is 9.06.